The van der Waals surface area contributed by atoms with E-state index in [2.05, 4.69) is 41.5 Å². The number of rotatable bonds is 8. The van der Waals surface area contributed by atoms with Gasteiger partial charge in [-0.25, -0.2) is 0 Å². The molecular weight excluding hydrogens is 470 g/mol. The minimum atomic E-state index is -0.403. The third-order valence-corrected chi connectivity index (χ3v) is 7.62. The molecule has 0 saturated carbocycles. The Morgan fingerprint density at radius 1 is 1.11 bits per heavy atom. The van der Waals surface area contributed by atoms with Crippen molar-refractivity contribution in [1.29, 1.82) is 5.41 Å². The van der Waals surface area contributed by atoms with Crippen LogP contribution in [0.4, 0.5) is 0 Å². The van der Waals surface area contributed by atoms with Crippen LogP contribution in [0.25, 0.3) is 17.0 Å². The van der Waals surface area contributed by atoms with E-state index in [1.807, 2.05) is 48.7 Å². The van der Waals surface area contributed by atoms with Gasteiger partial charge in [0.15, 0.2) is 5.84 Å². The molecule has 5 rings (SSSR count). The van der Waals surface area contributed by atoms with Crippen LogP contribution in [0, 0.1) is 18.3 Å². The monoisotopic (exact) mass is 499 g/mol. The lowest BCUT2D eigenvalue weighted by Crippen LogP contribution is -2.35. The normalized spacial score (nSPS) is 16.7. The highest BCUT2D eigenvalue weighted by Gasteiger charge is 2.37. The SMILES string of the molecule is CCC(CC)C1=NN2C(=N)C(=Cc3cn(CCOc4ccc(C)cc4)c4ccccc34)C(=O)N=C2S1. The van der Waals surface area contributed by atoms with E-state index in [1.165, 1.54) is 22.3 Å². The Hall–Kier alpha value is -3.65. The van der Waals surface area contributed by atoms with Gasteiger partial charge in [-0.05, 0) is 55.8 Å². The van der Waals surface area contributed by atoms with Crippen molar-refractivity contribution in [3.63, 3.8) is 0 Å². The molecule has 8 heteroatoms. The molecular formula is C28H29N5O2S. The molecule has 1 N–H and O–H groups in total. The van der Waals surface area contributed by atoms with Crippen LogP contribution < -0.4 is 4.74 Å². The molecule has 2 aromatic carbocycles. The van der Waals surface area contributed by atoms with Crippen LogP contribution in [0.2, 0.25) is 0 Å². The number of nitrogens with zero attached hydrogens (tertiary/aromatic N) is 4. The van der Waals surface area contributed by atoms with Crippen LogP contribution in [0.3, 0.4) is 0 Å². The average Bonchev–Trinajstić information content (AvgIpc) is 3.46. The first-order valence-corrected chi connectivity index (χ1v) is 13.1. The molecule has 0 saturated heterocycles. The lowest BCUT2D eigenvalue weighted by molar-refractivity contribution is -0.114. The number of hydrogen-bond acceptors (Lipinski definition) is 5. The number of aromatic nitrogens is 1. The van der Waals surface area contributed by atoms with E-state index in [0.717, 1.165) is 40.1 Å². The van der Waals surface area contributed by atoms with Gasteiger partial charge in [0.1, 0.15) is 17.4 Å². The Morgan fingerprint density at radius 2 is 1.86 bits per heavy atom. The number of nitrogens with one attached hydrogen (secondary N) is 1. The molecule has 0 unspecified atom stereocenters. The van der Waals surface area contributed by atoms with Crippen LogP contribution in [-0.2, 0) is 11.3 Å². The van der Waals surface area contributed by atoms with Gasteiger partial charge in [-0.3, -0.25) is 10.2 Å². The van der Waals surface area contributed by atoms with Crippen molar-refractivity contribution in [2.75, 3.05) is 6.61 Å². The van der Waals surface area contributed by atoms with Gasteiger partial charge in [-0.1, -0.05) is 49.7 Å². The largest absolute Gasteiger partial charge is 0.492 e. The summed E-state index contributed by atoms with van der Waals surface area (Å²) in [6.07, 6.45) is 5.69. The summed E-state index contributed by atoms with van der Waals surface area (Å²) in [5.74, 6) is 0.808. The Bertz CT molecular complexity index is 1410. The second-order valence-corrected chi connectivity index (χ2v) is 9.92. The molecule has 184 valence electrons. The van der Waals surface area contributed by atoms with Crippen LogP contribution in [-0.4, -0.2) is 38.1 Å². The number of hydrogen-bond donors (Lipinski definition) is 1. The van der Waals surface area contributed by atoms with E-state index in [9.17, 15) is 4.79 Å². The number of amidine groups is 2. The zero-order chi connectivity index (χ0) is 25.2. The maximum atomic E-state index is 12.9. The van der Waals surface area contributed by atoms with Crippen molar-refractivity contribution in [2.45, 2.75) is 40.2 Å². The molecule has 0 spiro atoms. The minimum absolute atomic E-state index is 0.0676. The van der Waals surface area contributed by atoms with Gasteiger partial charge in [0.05, 0.1) is 12.1 Å². The Kier molecular flexibility index (Phi) is 6.78. The zero-order valence-electron chi connectivity index (χ0n) is 20.7. The molecule has 2 aliphatic heterocycles. The average molecular weight is 500 g/mol. The molecule has 3 aromatic rings. The van der Waals surface area contributed by atoms with E-state index >= 15 is 0 Å². The maximum absolute atomic E-state index is 12.9. The van der Waals surface area contributed by atoms with Gasteiger partial charge in [-0.15, -0.1) is 0 Å². The minimum Gasteiger partial charge on any atom is -0.492 e. The van der Waals surface area contributed by atoms with Crippen molar-refractivity contribution in [3.8, 4) is 5.75 Å². The summed E-state index contributed by atoms with van der Waals surface area (Å²) in [5, 5.41) is 17.3. The first-order chi connectivity index (χ1) is 17.5. The number of carbonyl (C=O) groups is 1. The summed E-state index contributed by atoms with van der Waals surface area (Å²) in [4.78, 5) is 17.2. The van der Waals surface area contributed by atoms with Crippen molar-refractivity contribution < 1.29 is 9.53 Å². The molecule has 0 atom stereocenters. The zero-order valence-corrected chi connectivity index (χ0v) is 21.5. The molecule has 0 aliphatic carbocycles. The van der Waals surface area contributed by atoms with Crippen LogP contribution >= 0.6 is 11.8 Å². The first kappa shape index (κ1) is 24.1. The number of aryl methyl sites for hydroxylation is 1. The number of benzene rings is 2. The molecule has 0 bridgehead atoms. The second-order valence-electron chi connectivity index (χ2n) is 8.93. The van der Waals surface area contributed by atoms with Crippen molar-refractivity contribution in [2.24, 2.45) is 16.0 Å². The van der Waals surface area contributed by atoms with Gasteiger partial charge >= 0.3 is 0 Å². The number of hydrazone groups is 1. The highest BCUT2D eigenvalue weighted by Crippen LogP contribution is 2.33. The third kappa shape index (κ3) is 4.60. The second kappa shape index (κ2) is 10.1. The maximum Gasteiger partial charge on any atom is 0.283 e. The fraction of sp³-hybridized carbons (Fsp3) is 0.286. The van der Waals surface area contributed by atoms with Gasteiger partial charge < -0.3 is 9.30 Å². The van der Waals surface area contributed by atoms with Crippen molar-refractivity contribution in [3.05, 3.63) is 71.4 Å². The summed E-state index contributed by atoms with van der Waals surface area (Å²) in [7, 11) is 0. The van der Waals surface area contributed by atoms with Crippen LogP contribution in [0.15, 0.2) is 70.4 Å². The topological polar surface area (TPSA) is 83.0 Å². The molecule has 2 aliphatic rings. The lowest BCUT2D eigenvalue weighted by Gasteiger charge is -2.20. The van der Waals surface area contributed by atoms with Gasteiger partial charge in [0.2, 0.25) is 5.17 Å². The summed E-state index contributed by atoms with van der Waals surface area (Å²) >= 11 is 1.40. The van der Waals surface area contributed by atoms with Crippen LogP contribution in [0.5, 0.6) is 5.75 Å². The van der Waals surface area contributed by atoms with Gasteiger partial charge in [0.25, 0.3) is 5.91 Å². The van der Waals surface area contributed by atoms with E-state index in [-0.39, 0.29) is 11.4 Å². The van der Waals surface area contributed by atoms with E-state index in [1.54, 1.807) is 6.08 Å². The number of amides is 1. The predicted molar refractivity (Wildman–Crippen MR) is 148 cm³/mol. The van der Waals surface area contributed by atoms with E-state index < -0.39 is 5.91 Å². The Labute approximate surface area is 215 Å². The van der Waals surface area contributed by atoms with Crippen molar-refractivity contribution in [1.82, 2.24) is 9.58 Å². The predicted octanol–water partition coefficient (Wildman–Crippen LogP) is 6.08. The number of carbonyl (C=O) groups excluding carboxylic acids is 1. The first-order valence-electron chi connectivity index (χ1n) is 12.3. The van der Waals surface area contributed by atoms with Gasteiger partial charge in [-0.2, -0.15) is 15.1 Å². The quantitative estimate of drug-likeness (QED) is 0.381. The molecule has 7 nitrogen and oxygen atoms in total. The summed E-state index contributed by atoms with van der Waals surface area (Å²) in [6, 6.07) is 16.1. The summed E-state index contributed by atoms with van der Waals surface area (Å²) in [5.41, 5.74) is 3.35. The van der Waals surface area contributed by atoms with Crippen molar-refractivity contribution >= 4 is 50.7 Å². The molecule has 1 aromatic heterocycles. The highest BCUT2D eigenvalue weighted by atomic mass is 32.2. The third-order valence-electron chi connectivity index (χ3n) is 6.55. The van der Waals surface area contributed by atoms with E-state index in [4.69, 9.17) is 10.1 Å². The summed E-state index contributed by atoms with van der Waals surface area (Å²) < 4.78 is 8.06. The lowest BCUT2D eigenvalue weighted by atomic mass is 10.1. The standard InChI is InChI=1S/C28H29N5O2S/c1-4-19(5-2)27-31-33-25(29)23(26(34)30-28(33)36-27)16-20-17-32(24-9-7-6-8-22(20)24)14-15-35-21-12-10-18(3)11-13-21/h6-13,16-17,19,29H,4-5,14-15H2,1-3H3. The molecule has 36 heavy (non-hydrogen) atoms. The number of thioether (sulfide) groups is 1. The number of aliphatic imine (C=N–C) groups is 1. The van der Waals surface area contributed by atoms with Crippen LogP contribution in [0.1, 0.15) is 37.8 Å². The molecule has 3 heterocycles. The fourth-order valence-electron chi connectivity index (χ4n) is 4.44. The fourth-order valence-corrected chi connectivity index (χ4v) is 5.59. The molecule has 0 fully saturated rings. The number of para-hydroxylation sites is 1. The molecule has 0 radical (unpaired) electrons. The highest BCUT2D eigenvalue weighted by molar-refractivity contribution is 8.27. The van der Waals surface area contributed by atoms with Gasteiger partial charge in [0, 0.05) is 28.6 Å². The Morgan fingerprint density at radius 3 is 2.61 bits per heavy atom. The number of ether oxygens (including phenoxy) is 1. The summed E-state index contributed by atoms with van der Waals surface area (Å²) in [6.45, 7) is 7.46. The number of fused-ring (bicyclic) bond motifs is 2. The smallest absolute Gasteiger partial charge is 0.283 e. The van der Waals surface area contributed by atoms with E-state index in [0.29, 0.717) is 24.2 Å². The Balaban J connectivity index is 1.41. The molecule has 1 amide bonds.